The summed E-state index contributed by atoms with van der Waals surface area (Å²) in [4.78, 5) is 0. The second-order valence-corrected chi connectivity index (χ2v) is 5.70. The van der Waals surface area contributed by atoms with Crippen molar-refractivity contribution >= 4 is 10.8 Å². The maximum atomic E-state index is 2.24. The molecule has 0 saturated carbocycles. The monoisotopic (exact) mass is 444 g/mol. The molecule has 4 aromatic carbocycles. The molecule has 0 atom stereocenters. The van der Waals surface area contributed by atoms with E-state index in [1.807, 2.05) is 6.07 Å². The Kier molecular flexibility index (Phi) is 11.0. The zero-order valence-electron chi connectivity index (χ0n) is 14.3. The van der Waals surface area contributed by atoms with Crippen LogP contribution in [0.3, 0.4) is 0 Å². The average Bonchev–Trinajstić information content (AvgIpc) is 3.14. The Hall–Kier alpha value is -1.14. The van der Waals surface area contributed by atoms with Crippen LogP contribution in [0.2, 0.25) is 0 Å². The van der Waals surface area contributed by atoms with Crippen LogP contribution in [0.1, 0.15) is 11.1 Å². The summed E-state index contributed by atoms with van der Waals surface area (Å²) in [5.74, 6) is 0. The van der Waals surface area contributed by atoms with E-state index < -0.39 is 0 Å². The molecule has 0 radical (unpaired) electrons. The van der Waals surface area contributed by atoms with E-state index in [0.29, 0.717) is 0 Å². The van der Waals surface area contributed by atoms with Crippen molar-refractivity contribution in [3.8, 4) is 11.1 Å². The number of halogens is 2. The Bertz CT molecular complexity index is 810. The second-order valence-electron chi connectivity index (χ2n) is 5.70. The molecule has 0 aliphatic rings. The molecule has 0 N–H and O–H groups in total. The largest absolute Gasteiger partial charge is 4.00 e. The summed E-state index contributed by atoms with van der Waals surface area (Å²) in [6, 6.07) is 29.9. The van der Waals surface area contributed by atoms with E-state index in [4.69, 9.17) is 0 Å². The number of fused-ring (bicyclic) bond motifs is 1. The van der Waals surface area contributed by atoms with Crippen molar-refractivity contribution in [1.82, 2.24) is 0 Å². The van der Waals surface area contributed by atoms with Gasteiger partial charge in [-0.1, -0.05) is 67.9 Å². The molecule has 0 heterocycles. The molecule has 126 valence electrons. The number of rotatable bonds is 1. The second kappa shape index (κ2) is 11.5. The first-order chi connectivity index (χ1) is 10.7. The molecule has 0 fully saturated rings. The molecule has 3 heteroatoms. The molecule has 0 unspecified atom stereocenters. The minimum Gasteiger partial charge on any atom is -1.00 e. The predicted octanol–water partition coefficient (Wildman–Crippen LogP) is 0.254. The smallest absolute Gasteiger partial charge is 1.00 e. The van der Waals surface area contributed by atoms with Crippen molar-refractivity contribution < 1.29 is 51.0 Å². The van der Waals surface area contributed by atoms with E-state index in [1.54, 1.807) is 0 Å². The molecule has 0 bridgehead atoms. The van der Waals surface area contributed by atoms with E-state index in [-0.39, 0.29) is 51.0 Å². The first-order valence-corrected chi connectivity index (χ1v) is 7.63. The van der Waals surface area contributed by atoms with Crippen molar-refractivity contribution in [2.24, 2.45) is 0 Å². The Morgan fingerprint density at radius 1 is 0.840 bits per heavy atom. The molecule has 25 heavy (non-hydrogen) atoms. The van der Waals surface area contributed by atoms with Crippen LogP contribution in [0.5, 0.6) is 0 Å². The minimum atomic E-state index is 0. The standard InChI is InChI=1S/C15H11.C7H9.2ClH.Zr/c1-2-6-12(7-3-1)15-10-13-8-4-5-9-14(13)11-15;1-6-3-4-7(2)5-6;;;/h1-11H;3-5H,1-2H3;2*1H;/q2*-1;;;+4/p-2. The number of aryl methyl sites for hydroxylation is 2. The fourth-order valence-electron chi connectivity index (χ4n) is 2.67. The molecule has 0 amide bonds. The van der Waals surface area contributed by atoms with Gasteiger partial charge in [0.2, 0.25) is 0 Å². The molecule has 0 spiro atoms. The zero-order chi connectivity index (χ0) is 15.4. The molecular weight excluding hydrogens is 426 g/mol. The molecule has 4 rings (SSSR count). The topological polar surface area (TPSA) is 0 Å². The van der Waals surface area contributed by atoms with Crippen molar-refractivity contribution in [2.75, 3.05) is 0 Å². The Balaban J connectivity index is 0.000000501. The van der Waals surface area contributed by atoms with Gasteiger partial charge in [-0.05, 0) is 0 Å². The van der Waals surface area contributed by atoms with Crippen molar-refractivity contribution in [3.05, 3.63) is 96.1 Å². The van der Waals surface area contributed by atoms with Gasteiger partial charge in [-0.15, -0.1) is 34.5 Å². The third-order valence-electron chi connectivity index (χ3n) is 3.79. The number of hydrogen-bond donors (Lipinski definition) is 0. The maximum absolute atomic E-state index is 2.24. The number of benzene rings is 2. The fraction of sp³-hybridized carbons (Fsp3) is 0.0909. The molecule has 0 aliphatic carbocycles. The SMILES string of the molecule is Cc1cc[c-](C)c1.[Cl-].[Cl-].[Zr+4].c1ccc(-c2cc3ccccc3[cH-]2)cc1. The molecule has 0 aliphatic heterocycles. The third-order valence-corrected chi connectivity index (χ3v) is 3.79. The first-order valence-electron chi connectivity index (χ1n) is 7.63. The number of hydrogen-bond acceptors (Lipinski definition) is 0. The minimum absolute atomic E-state index is 0. The van der Waals surface area contributed by atoms with Crippen LogP contribution in [0.15, 0.2) is 84.9 Å². The molecule has 0 nitrogen and oxygen atoms in total. The molecular formula is C22H20Cl2Zr. The van der Waals surface area contributed by atoms with Gasteiger partial charge < -0.3 is 24.8 Å². The van der Waals surface area contributed by atoms with E-state index >= 15 is 0 Å². The molecule has 0 aromatic heterocycles. The quantitative estimate of drug-likeness (QED) is 0.368. The van der Waals surface area contributed by atoms with E-state index in [9.17, 15) is 0 Å². The molecule has 0 saturated heterocycles. The van der Waals surface area contributed by atoms with E-state index in [1.165, 1.54) is 33.0 Å². The van der Waals surface area contributed by atoms with Gasteiger partial charge in [-0.2, -0.15) is 17.7 Å². The van der Waals surface area contributed by atoms with Crippen LogP contribution < -0.4 is 24.8 Å². The Morgan fingerprint density at radius 2 is 1.48 bits per heavy atom. The van der Waals surface area contributed by atoms with E-state index in [0.717, 1.165) is 0 Å². The van der Waals surface area contributed by atoms with Gasteiger partial charge in [0.1, 0.15) is 0 Å². The first kappa shape index (κ1) is 23.9. The Morgan fingerprint density at radius 3 is 2.00 bits per heavy atom. The van der Waals surface area contributed by atoms with Gasteiger partial charge in [0.15, 0.2) is 0 Å². The average molecular weight is 447 g/mol. The summed E-state index contributed by atoms with van der Waals surface area (Å²) >= 11 is 0. The summed E-state index contributed by atoms with van der Waals surface area (Å²) in [5, 5.41) is 2.63. The summed E-state index contributed by atoms with van der Waals surface area (Å²) < 4.78 is 0. The summed E-state index contributed by atoms with van der Waals surface area (Å²) in [6.07, 6.45) is 0. The normalized spacial score (nSPS) is 9.04. The molecule has 4 aromatic rings. The van der Waals surface area contributed by atoms with Crippen LogP contribution in [0, 0.1) is 13.8 Å². The van der Waals surface area contributed by atoms with Gasteiger partial charge in [-0.3, -0.25) is 0 Å². The van der Waals surface area contributed by atoms with Gasteiger partial charge in [0, 0.05) is 0 Å². The van der Waals surface area contributed by atoms with Gasteiger partial charge in [-0.25, -0.2) is 11.6 Å². The van der Waals surface area contributed by atoms with Gasteiger partial charge in [0.05, 0.1) is 0 Å². The van der Waals surface area contributed by atoms with Gasteiger partial charge in [0.25, 0.3) is 0 Å². The summed E-state index contributed by atoms with van der Waals surface area (Å²) in [7, 11) is 0. The van der Waals surface area contributed by atoms with Crippen LogP contribution in [-0.2, 0) is 26.2 Å². The third kappa shape index (κ3) is 6.59. The van der Waals surface area contributed by atoms with Crippen LogP contribution >= 0.6 is 0 Å². The van der Waals surface area contributed by atoms with Crippen molar-refractivity contribution in [2.45, 2.75) is 13.8 Å². The predicted molar refractivity (Wildman–Crippen MR) is 96.5 cm³/mol. The fourth-order valence-corrected chi connectivity index (χ4v) is 2.67. The van der Waals surface area contributed by atoms with Gasteiger partial charge >= 0.3 is 26.2 Å². The Labute approximate surface area is 181 Å². The van der Waals surface area contributed by atoms with Crippen LogP contribution in [0.4, 0.5) is 0 Å². The van der Waals surface area contributed by atoms with Crippen molar-refractivity contribution in [3.63, 3.8) is 0 Å². The van der Waals surface area contributed by atoms with Crippen LogP contribution in [0.25, 0.3) is 21.9 Å². The maximum Gasteiger partial charge on any atom is 4.00 e. The zero-order valence-corrected chi connectivity index (χ0v) is 18.3. The van der Waals surface area contributed by atoms with E-state index in [2.05, 4.69) is 92.7 Å². The summed E-state index contributed by atoms with van der Waals surface area (Å²) in [5.41, 5.74) is 5.31. The van der Waals surface area contributed by atoms with Crippen LogP contribution in [-0.4, -0.2) is 0 Å². The van der Waals surface area contributed by atoms with Crippen molar-refractivity contribution in [1.29, 1.82) is 0 Å². The summed E-state index contributed by atoms with van der Waals surface area (Å²) in [6.45, 7) is 4.21.